The molecule has 35 heavy (non-hydrogen) atoms. The number of aryl methyl sites for hydroxylation is 1. The first-order valence-electron chi connectivity index (χ1n) is 11.7. The fraction of sp³-hybridized carbons (Fsp3) is 0.400. The molecular formula is C25H30ClN5O4. The Kier molecular flexibility index (Phi) is 9.60. The van der Waals surface area contributed by atoms with Gasteiger partial charge in [-0.25, -0.2) is 0 Å². The number of hydrogen-bond acceptors (Lipinski definition) is 6. The maximum atomic E-state index is 12.7. The van der Waals surface area contributed by atoms with Gasteiger partial charge < -0.3 is 21.1 Å². The fourth-order valence-corrected chi connectivity index (χ4v) is 4.04. The summed E-state index contributed by atoms with van der Waals surface area (Å²) in [4.78, 5) is 45.4. The van der Waals surface area contributed by atoms with Crippen LogP contribution in [0.2, 0.25) is 5.02 Å². The molecule has 0 saturated heterocycles. The normalized spacial score (nSPS) is 14.3. The van der Waals surface area contributed by atoms with Crippen molar-refractivity contribution in [2.75, 3.05) is 18.4 Å². The summed E-state index contributed by atoms with van der Waals surface area (Å²) in [6.45, 7) is 2.36. The molecule has 4 N–H and O–H groups in total. The molecule has 0 bridgehead atoms. The maximum Gasteiger partial charge on any atom is 0.305 e. The Bertz CT molecular complexity index is 1110. The number of amides is 2. The molecule has 1 aromatic carbocycles. The van der Waals surface area contributed by atoms with Gasteiger partial charge in [0, 0.05) is 30.4 Å². The summed E-state index contributed by atoms with van der Waals surface area (Å²) < 4.78 is 0. The molecular weight excluding hydrogens is 470 g/mol. The van der Waals surface area contributed by atoms with Gasteiger partial charge in [-0.2, -0.15) is 0 Å². The van der Waals surface area contributed by atoms with E-state index >= 15 is 0 Å². The number of carbonyl (C=O) groups excluding carboxylic acids is 2. The minimum absolute atomic E-state index is 0.297. The summed E-state index contributed by atoms with van der Waals surface area (Å²) in [5, 5.41) is 18.3. The highest BCUT2D eigenvalue weighted by molar-refractivity contribution is 6.34. The summed E-state index contributed by atoms with van der Waals surface area (Å²) in [5.74, 6) is -1.17. The van der Waals surface area contributed by atoms with E-state index in [1.165, 1.54) is 0 Å². The lowest BCUT2D eigenvalue weighted by Gasteiger charge is -2.20. The van der Waals surface area contributed by atoms with Crippen LogP contribution >= 0.6 is 11.6 Å². The first-order valence-corrected chi connectivity index (χ1v) is 12.1. The third kappa shape index (κ3) is 7.78. The summed E-state index contributed by atoms with van der Waals surface area (Å²) in [7, 11) is 0. The van der Waals surface area contributed by atoms with Crippen molar-refractivity contribution in [3.05, 3.63) is 58.4 Å². The first kappa shape index (κ1) is 26.2. The molecule has 0 saturated carbocycles. The van der Waals surface area contributed by atoms with Gasteiger partial charge >= 0.3 is 5.97 Å². The maximum absolute atomic E-state index is 12.7. The van der Waals surface area contributed by atoms with Gasteiger partial charge in [-0.05, 0) is 49.1 Å². The van der Waals surface area contributed by atoms with Crippen molar-refractivity contribution >= 4 is 40.9 Å². The number of benzene rings is 1. The number of carbonyl (C=O) groups is 3. The topological polar surface area (TPSA) is 133 Å². The van der Waals surface area contributed by atoms with E-state index in [-0.39, 0.29) is 13.0 Å². The van der Waals surface area contributed by atoms with E-state index in [1.807, 2.05) is 6.92 Å². The average molecular weight is 500 g/mol. The molecule has 1 aliphatic heterocycles. The van der Waals surface area contributed by atoms with Gasteiger partial charge in [-0.1, -0.05) is 31.0 Å². The molecule has 9 nitrogen and oxygen atoms in total. The summed E-state index contributed by atoms with van der Waals surface area (Å²) in [6.07, 6.45) is 5.96. The smallest absolute Gasteiger partial charge is 0.305 e. The molecule has 10 heteroatoms. The van der Waals surface area contributed by atoms with Crippen molar-refractivity contribution in [2.24, 2.45) is 4.99 Å². The Labute approximate surface area is 209 Å². The van der Waals surface area contributed by atoms with Crippen molar-refractivity contribution in [3.8, 4) is 0 Å². The number of aromatic nitrogens is 1. The van der Waals surface area contributed by atoms with Crippen LogP contribution in [0.15, 0.2) is 41.5 Å². The second-order valence-corrected chi connectivity index (χ2v) is 8.66. The van der Waals surface area contributed by atoms with Crippen molar-refractivity contribution in [1.29, 1.82) is 0 Å². The highest BCUT2D eigenvalue weighted by atomic mass is 35.5. The van der Waals surface area contributed by atoms with Gasteiger partial charge in [0.2, 0.25) is 5.91 Å². The van der Waals surface area contributed by atoms with Crippen molar-refractivity contribution < 1.29 is 19.5 Å². The third-order valence-corrected chi connectivity index (χ3v) is 5.97. The number of pyridine rings is 1. The lowest BCUT2D eigenvalue weighted by atomic mass is 10.0. The van der Waals surface area contributed by atoms with Crippen LogP contribution in [-0.4, -0.2) is 46.8 Å². The Morgan fingerprint density at radius 1 is 1.17 bits per heavy atom. The number of carboxylic acid groups (broad SMARTS) is 1. The molecule has 1 atom stereocenters. The number of hydrogen-bond donors (Lipinski definition) is 4. The van der Waals surface area contributed by atoms with Crippen LogP contribution < -0.4 is 16.0 Å². The van der Waals surface area contributed by atoms with Crippen molar-refractivity contribution in [2.45, 2.75) is 51.5 Å². The lowest BCUT2D eigenvalue weighted by Crippen LogP contribution is -2.39. The van der Waals surface area contributed by atoms with E-state index in [1.54, 1.807) is 36.5 Å². The molecule has 186 valence electrons. The molecule has 0 aliphatic carbocycles. The van der Waals surface area contributed by atoms with Crippen LogP contribution in [0.3, 0.4) is 0 Å². The molecule has 3 rings (SSSR count). The van der Waals surface area contributed by atoms with Gasteiger partial charge in [0.25, 0.3) is 5.91 Å². The Balaban J connectivity index is 1.63. The predicted octanol–water partition coefficient (Wildman–Crippen LogP) is 3.74. The van der Waals surface area contributed by atoms with Crippen LogP contribution in [0, 0.1) is 0 Å². The molecule has 2 heterocycles. The summed E-state index contributed by atoms with van der Waals surface area (Å²) in [6, 6.07) is 7.51. The van der Waals surface area contributed by atoms with Crippen molar-refractivity contribution in [1.82, 2.24) is 15.6 Å². The van der Waals surface area contributed by atoms with E-state index < -0.39 is 23.8 Å². The van der Waals surface area contributed by atoms with Gasteiger partial charge in [-0.3, -0.25) is 24.4 Å². The third-order valence-electron chi connectivity index (χ3n) is 5.64. The number of aliphatic carboxylic acids is 1. The zero-order valence-corrected chi connectivity index (χ0v) is 20.4. The van der Waals surface area contributed by atoms with Gasteiger partial charge in [0.1, 0.15) is 5.84 Å². The van der Waals surface area contributed by atoms with E-state index in [0.717, 1.165) is 38.1 Å². The van der Waals surface area contributed by atoms with Crippen LogP contribution in [0.25, 0.3) is 0 Å². The molecule has 1 aliphatic rings. The number of anilines is 1. The fourth-order valence-electron chi connectivity index (χ4n) is 3.88. The highest BCUT2D eigenvalue weighted by Gasteiger charge is 2.21. The number of carboxylic acids is 1. The minimum Gasteiger partial charge on any atom is -0.481 e. The van der Waals surface area contributed by atoms with E-state index in [0.29, 0.717) is 34.0 Å². The Morgan fingerprint density at radius 2 is 2.00 bits per heavy atom. The second kappa shape index (κ2) is 12.9. The Hall–Kier alpha value is -3.46. The van der Waals surface area contributed by atoms with Crippen molar-refractivity contribution in [3.63, 3.8) is 0 Å². The lowest BCUT2D eigenvalue weighted by molar-refractivity contribution is -0.137. The number of amidine groups is 1. The van der Waals surface area contributed by atoms with E-state index in [2.05, 4.69) is 25.9 Å². The second-order valence-electron chi connectivity index (χ2n) is 8.25. The number of halogens is 1. The monoisotopic (exact) mass is 499 g/mol. The van der Waals surface area contributed by atoms with Crippen LogP contribution in [0.5, 0.6) is 0 Å². The SMILES string of the molecule is CCc1ncccc1C(CC(=O)O)NC(=O)CNC(=O)c1ccc(Cl)c(NC2=NCCCCC2)c1. The number of nitrogens with zero attached hydrogens (tertiary/aromatic N) is 2. The van der Waals surface area contributed by atoms with E-state index in [4.69, 9.17) is 11.6 Å². The van der Waals surface area contributed by atoms with E-state index in [9.17, 15) is 19.5 Å². The highest BCUT2D eigenvalue weighted by Crippen LogP contribution is 2.24. The molecule has 2 amide bonds. The van der Waals surface area contributed by atoms with Gasteiger partial charge in [0.05, 0.1) is 29.7 Å². The molecule has 1 aromatic heterocycles. The van der Waals surface area contributed by atoms with Gasteiger partial charge in [-0.15, -0.1) is 0 Å². The zero-order chi connectivity index (χ0) is 25.2. The quantitative estimate of drug-likeness (QED) is 0.415. The minimum atomic E-state index is -1.05. The average Bonchev–Trinajstić information content (AvgIpc) is 3.12. The molecule has 0 radical (unpaired) electrons. The summed E-state index contributed by atoms with van der Waals surface area (Å²) in [5.41, 5.74) is 2.27. The number of rotatable bonds is 9. The van der Waals surface area contributed by atoms with Gasteiger partial charge in [0.15, 0.2) is 0 Å². The molecule has 1 unspecified atom stereocenters. The number of nitrogens with one attached hydrogen (secondary N) is 3. The predicted molar refractivity (Wildman–Crippen MR) is 135 cm³/mol. The first-order chi connectivity index (χ1) is 16.9. The molecule has 0 fully saturated rings. The van der Waals surface area contributed by atoms with Crippen LogP contribution in [0.4, 0.5) is 5.69 Å². The standard InChI is InChI=1S/C25H30ClN5O4/c1-2-19-17(7-6-12-27-19)20(14-24(33)34)31-23(32)15-29-25(35)16-9-10-18(26)21(13-16)30-22-8-4-3-5-11-28-22/h6-7,9-10,12-13,20H,2-5,8,11,14-15H2,1H3,(H,28,30)(H,29,35)(H,31,32)(H,33,34). The van der Waals surface area contributed by atoms with Crippen LogP contribution in [0.1, 0.15) is 66.7 Å². The largest absolute Gasteiger partial charge is 0.481 e. The Morgan fingerprint density at radius 3 is 2.77 bits per heavy atom. The summed E-state index contributed by atoms with van der Waals surface area (Å²) >= 11 is 6.30. The zero-order valence-electron chi connectivity index (χ0n) is 19.6. The van der Waals surface area contributed by atoms with Crippen LogP contribution in [-0.2, 0) is 16.0 Å². The molecule has 2 aromatic rings. The molecule has 0 spiro atoms. The number of aliphatic imine (C=N–C) groups is 1.